The van der Waals surface area contributed by atoms with Crippen molar-refractivity contribution in [1.82, 2.24) is 19.6 Å². The molecule has 2 aliphatic rings. The number of benzene rings is 1. The molecule has 132 valence electrons. The van der Waals surface area contributed by atoms with Crippen LogP contribution in [0.5, 0.6) is 0 Å². The Kier molecular flexibility index (Phi) is 4.44. The molecule has 0 aliphatic carbocycles. The Morgan fingerprint density at radius 2 is 1.80 bits per heavy atom. The lowest BCUT2D eigenvalue weighted by Gasteiger charge is -2.44. The summed E-state index contributed by atoms with van der Waals surface area (Å²) in [7, 11) is 0. The molecule has 3 heterocycles. The monoisotopic (exact) mass is 339 g/mol. The van der Waals surface area contributed by atoms with E-state index in [1.54, 1.807) is 0 Å². The Hall–Kier alpha value is -2.34. The normalized spacial score (nSPS) is 20.4. The summed E-state index contributed by atoms with van der Waals surface area (Å²) in [6.07, 6.45) is 3.81. The molecule has 2 aromatic rings. The van der Waals surface area contributed by atoms with E-state index in [9.17, 15) is 4.79 Å². The van der Waals surface area contributed by atoms with Gasteiger partial charge < -0.3 is 9.80 Å². The molecular formula is C19H25N5O. The average molecular weight is 339 g/mol. The van der Waals surface area contributed by atoms with Crippen molar-refractivity contribution in [2.45, 2.75) is 19.0 Å². The quantitative estimate of drug-likeness (QED) is 0.846. The summed E-state index contributed by atoms with van der Waals surface area (Å²) < 4.78 is 1.99. The van der Waals surface area contributed by atoms with Crippen molar-refractivity contribution in [1.29, 1.82) is 0 Å². The molecule has 6 heteroatoms. The number of carbonyl (C=O) groups excluding carboxylic acids is 1. The number of nitrogens with zero attached hydrogens (tertiary/aromatic N) is 5. The van der Waals surface area contributed by atoms with E-state index in [1.165, 1.54) is 5.69 Å². The van der Waals surface area contributed by atoms with Gasteiger partial charge in [0.05, 0.1) is 12.1 Å². The van der Waals surface area contributed by atoms with Gasteiger partial charge in [0.1, 0.15) is 0 Å². The summed E-state index contributed by atoms with van der Waals surface area (Å²) in [4.78, 5) is 19.4. The van der Waals surface area contributed by atoms with E-state index in [0.29, 0.717) is 6.04 Å². The van der Waals surface area contributed by atoms with Gasteiger partial charge >= 0.3 is 0 Å². The third kappa shape index (κ3) is 3.26. The van der Waals surface area contributed by atoms with Crippen molar-refractivity contribution in [2.24, 2.45) is 0 Å². The van der Waals surface area contributed by atoms with Crippen LogP contribution < -0.4 is 4.90 Å². The lowest BCUT2D eigenvalue weighted by atomic mass is 10.1. The van der Waals surface area contributed by atoms with Gasteiger partial charge in [0.25, 0.3) is 0 Å². The molecule has 2 saturated heterocycles. The number of aromatic nitrogens is 2. The van der Waals surface area contributed by atoms with Crippen molar-refractivity contribution < 1.29 is 4.79 Å². The largest absolute Gasteiger partial charge is 0.368 e. The van der Waals surface area contributed by atoms with Crippen molar-refractivity contribution in [3.8, 4) is 0 Å². The molecule has 0 saturated carbocycles. The lowest BCUT2D eigenvalue weighted by Crippen LogP contribution is -2.59. The van der Waals surface area contributed by atoms with E-state index in [1.807, 2.05) is 41.0 Å². The first kappa shape index (κ1) is 16.1. The fourth-order valence-corrected chi connectivity index (χ4v) is 3.71. The molecule has 1 atom stereocenters. The van der Waals surface area contributed by atoms with Gasteiger partial charge in [-0.3, -0.25) is 14.4 Å². The molecule has 2 aliphatic heterocycles. The Morgan fingerprint density at radius 3 is 2.44 bits per heavy atom. The Balaban J connectivity index is 1.28. The van der Waals surface area contributed by atoms with Crippen LogP contribution in [0.1, 0.15) is 13.0 Å². The van der Waals surface area contributed by atoms with Gasteiger partial charge in [0, 0.05) is 57.3 Å². The highest BCUT2D eigenvalue weighted by Crippen LogP contribution is 2.24. The van der Waals surface area contributed by atoms with Crippen LogP contribution in [-0.2, 0) is 4.79 Å². The molecular weight excluding hydrogens is 314 g/mol. The van der Waals surface area contributed by atoms with Crippen LogP contribution in [0.25, 0.3) is 0 Å². The minimum atomic E-state index is -0.0462. The number of anilines is 1. The number of amides is 1. The zero-order valence-corrected chi connectivity index (χ0v) is 14.7. The molecule has 2 fully saturated rings. The van der Waals surface area contributed by atoms with Crippen LogP contribution in [0, 0.1) is 0 Å². The summed E-state index contributed by atoms with van der Waals surface area (Å²) in [5.74, 6) is 0.256. The number of para-hydroxylation sites is 1. The molecule has 1 aromatic carbocycles. The summed E-state index contributed by atoms with van der Waals surface area (Å²) in [5, 5.41) is 4.29. The molecule has 1 aromatic heterocycles. The molecule has 25 heavy (non-hydrogen) atoms. The molecule has 4 rings (SSSR count). The molecule has 0 N–H and O–H groups in total. The Bertz CT molecular complexity index is 688. The number of hydrogen-bond acceptors (Lipinski definition) is 4. The second-order valence-corrected chi connectivity index (χ2v) is 6.92. The second-order valence-electron chi connectivity index (χ2n) is 6.92. The zero-order chi connectivity index (χ0) is 17.2. The van der Waals surface area contributed by atoms with Crippen LogP contribution in [0.4, 0.5) is 5.69 Å². The van der Waals surface area contributed by atoms with Crippen molar-refractivity contribution in [2.75, 3.05) is 44.2 Å². The topological polar surface area (TPSA) is 44.6 Å². The molecule has 0 bridgehead atoms. The summed E-state index contributed by atoms with van der Waals surface area (Å²) >= 11 is 0. The van der Waals surface area contributed by atoms with E-state index >= 15 is 0 Å². The van der Waals surface area contributed by atoms with Crippen molar-refractivity contribution in [3.05, 3.63) is 48.8 Å². The highest BCUT2D eigenvalue weighted by atomic mass is 16.2. The number of piperazine rings is 1. The minimum Gasteiger partial charge on any atom is -0.368 e. The second kappa shape index (κ2) is 6.88. The molecule has 0 unspecified atom stereocenters. The van der Waals surface area contributed by atoms with E-state index < -0.39 is 0 Å². The first-order chi connectivity index (χ1) is 12.2. The summed E-state index contributed by atoms with van der Waals surface area (Å²) in [6.45, 7) is 7.24. The highest BCUT2D eigenvalue weighted by Gasteiger charge is 2.36. The van der Waals surface area contributed by atoms with E-state index in [0.717, 1.165) is 39.3 Å². The van der Waals surface area contributed by atoms with Gasteiger partial charge in [-0.1, -0.05) is 18.2 Å². The molecule has 0 radical (unpaired) electrons. The average Bonchev–Trinajstić information content (AvgIpc) is 3.15. The molecule has 1 amide bonds. The maximum Gasteiger partial charge on any atom is 0.239 e. The number of rotatable bonds is 4. The van der Waals surface area contributed by atoms with Crippen LogP contribution in [0.2, 0.25) is 0 Å². The Morgan fingerprint density at radius 1 is 1.08 bits per heavy atom. The van der Waals surface area contributed by atoms with Gasteiger partial charge in [-0.25, -0.2) is 0 Å². The number of hydrogen-bond donors (Lipinski definition) is 0. The van der Waals surface area contributed by atoms with E-state index in [-0.39, 0.29) is 11.9 Å². The number of carbonyl (C=O) groups is 1. The van der Waals surface area contributed by atoms with Gasteiger partial charge in [0.15, 0.2) is 0 Å². The van der Waals surface area contributed by atoms with Crippen LogP contribution in [-0.4, -0.2) is 70.8 Å². The predicted octanol–water partition coefficient (Wildman–Crippen LogP) is 1.48. The van der Waals surface area contributed by atoms with Crippen LogP contribution in [0.15, 0.2) is 48.8 Å². The van der Waals surface area contributed by atoms with Gasteiger partial charge in [-0.2, -0.15) is 5.10 Å². The van der Waals surface area contributed by atoms with Crippen LogP contribution >= 0.6 is 0 Å². The minimum absolute atomic E-state index is 0.0462. The third-order valence-corrected chi connectivity index (χ3v) is 5.41. The zero-order valence-electron chi connectivity index (χ0n) is 14.7. The van der Waals surface area contributed by atoms with E-state index in [4.69, 9.17) is 0 Å². The first-order valence-electron chi connectivity index (χ1n) is 9.04. The van der Waals surface area contributed by atoms with Gasteiger partial charge in [0.2, 0.25) is 5.91 Å². The maximum absolute atomic E-state index is 12.8. The standard InChI is InChI=1S/C19H25N5O/c1-16(23-14-18(15-23)24-9-5-8-20-24)19(25)22-12-10-21(11-13-22)17-6-3-2-4-7-17/h2-9,16,18H,10-15H2,1H3/t16-/m1/s1. The maximum atomic E-state index is 12.8. The highest BCUT2D eigenvalue weighted by molar-refractivity contribution is 5.82. The third-order valence-electron chi connectivity index (χ3n) is 5.41. The van der Waals surface area contributed by atoms with Gasteiger partial charge in [-0.15, -0.1) is 0 Å². The lowest BCUT2D eigenvalue weighted by molar-refractivity contribution is -0.139. The fraction of sp³-hybridized carbons (Fsp3) is 0.474. The smallest absolute Gasteiger partial charge is 0.239 e. The fourth-order valence-electron chi connectivity index (χ4n) is 3.71. The van der Waals surface area contributed by atoms with E-state index in [2.05, 4.69) is 39.2 Å². The summed E-state index contributed by atoms with van der Waals surface area (Å²) in [5.41, 5.74) is 1.24. The van der Waals surface area contributed by atoms with Crippen molar-refractivity contribution >= 4 is 11.6 Å². The van der Waals surface area contributed by atoms with Crippen LogP contribution in [0.3, 0.4) is 0 Å². The first-order valence-corrected chi connectivity index (χ1v) is 9.04. The SMILES string of the molecule is C[C@H](C(=O)N1CCN(c2ccccc2)CC1)N1CC(n2cccn2)C1. The molecule has 0 spiro atoms. The van der Waals surface area contributed by atoms with Crippen molar-refractivity contribution in [3.63, 3.8) is 0 Å². The summed E-state index contributed by atoms with van der Waals surface area (Å²) in [6, 6.07) is 12.7. The number of likely N-dealkylation sites (tertiary alicyclic amines) is 1. The molecule has 6 nitrogen and oxygen atoms in total. The predicted molar refractivity (Wildman–Crippen MR) is 97.5 cm³/mol. The van der Waals surface area contributed by atoms with Gasteiger partial charge in [-0.05, 0) is 25.1 Å². The Labute approximate surface area is 148 Å².